The monoisotopic (exact) mass is 356 g/mol. The number of amides is 2. The number of carbonyl (C=O) groups excluding carboxylic acids is 2. The van der Waals surface area contributed by atoms with E-state index in [1.165, 1.54) is 11.0 Å². The Morgan fingerprint density at radius 3 is 2.71 bits per heavy atom. The minimum atomic E-state index is -0.899. The summed E-state index contributed by atoms with van der Waals surface area (Å²) in [6, 6.07) is 4.10. The van der Waals surface area contributed by atoms with Crippen LogP contribution in [0.5, 0.6) is 0 Å². The molecule has 1 saturated heterocycles. The molecule has 1 heterocycles. The first kappa shape index (κ1) is 15.9. The van der Waals surface area contributed by atoms with Crippen molar-refractivity contribution in [2.24, 2.45) is 0 Å². The molecule has 0 spiro atoms. The first-order valence-electron chi connectivity index (χ1n) is 6.86. The van der Waals surface area contributed by atoms with Crippen molar-refractivity contribution in [2.75, 3.05) is 0 Å². The summed E-state index contributed by atoms with van der Waals surface area (Å²) in [6.45, 7) is 5.44. The van der Waals surface area contributed by atoms with E-state index in [-0.39, 0.29) is 24.2 Å². The van der Waals surface area contributed by atoms with Crippen LogP contribution in [0, 0.1) is 5.82 Å². The van der Waals surface area contributed by atoms with E-state index in [1.54, 1.807) is 26.0 Å². The van der Waals surface area contributed by atoms with Gasteiger partial charge in [0.05, 0.1) is 4.47 Å². The molecule has 1 fully saturated rings. The summed E-state index contributed by atoms with van der Waals surface area (Å²) in [6.07, 6.45) is 0.505. The predicted octanol–water partition coefficient (Wildman–Crippen LogP) is 2.60. The zero-order valence-corrected chi connectivity index (χ0v) is 13.8. The Hall–Kier alpha value is -1.43. The Labute approximate surface area is 131 Å². The standard InChI is InChI=1S/C15H18BrFN2O2/c1-4-15(3)14(21)19(9(2)13(20)18-15)8-10-6-5-7-11(17)12(10)16/h5-7,9H,4,8H2,1-3H3,(H,18,20). The van der Waals surface area contributed by atoms with Gasteiger partial charge in [-0.2, -0.15) is 0 Å². The topological polar surface area (TPSA) is 49.4 Å². The van der Waals surface area contributed by atoms with E-state index in [9.17, 15) is 14.0 Å². The van der Waals surface area contributed by atoms with Crippen LogP contribution in [0.25, 0.3) is 0 Å². The van der Waals surface area contributed by atoms with Crippen LogP contribution in [-0.2, 0) is 16.1 Å². The van der Waals surface area contributed by atoms with Gasteiger partial charge in [0.15, 0.2) is 0 Å². The molecule has 21 heavy (non-hydrogen) atoms. The third kappa shape index (κ3) is 2.81. The van der Waals surface area contributed by atoms with Gasteiger partial charge in [0.25, 0.3) is 0 Å². The minimum absolute atomic E-state index is 0.145. The van der Waals surface area contributed by atoms with Crippen LogP contribution in [0.2, 0.25) is 0 Å². The van der Waals surface area contributed by atoms with Gasteiger partial charge in [0.2, 0.25) is 11.8 Å². The largest absolute Gasteiger partial charge is 0.340 e. The summed E-state index contributed by atoms with van der Waals surface area (Å²) < 4.78 is 13.9. The van der Waals surface area contributed by atoms with Gasteiger partial charge in [-0.15, -0.1) is 0 Å². The molecule has 1 aromatic carbocycles. The predicted molar refractivity (Wildman–Crippen MR) is 81.0 cm³/mol. The fourth-order valence-corrected chi connectivity index (χ4v) is 2.76. The molecule has 0 aromatic heterocycles. The van der Waals surface area contributed by atoms with Gasteiger partial charge in [-0.3, -0.25) is 9.59 Å². The third-order valence-electron chi connectivity index (χ3n) is 4.06. The maximum atomic E-state index is 13.6. The molecule has 2 atom stereocenters. The van der Waals surface area contributed by atoms with E-state index < -0.39 is 11.6 Å². The van der Waals surface area contributed by atoms with Gasteiger partial charge >= 0.3 is 0 Å². The molecule has 2 amide bonds. The maximum Gasteiger partial charge on any atom is 0.249 e. The molecule has 1 aliphatic rings. The van der Waals surface area contributed by atoms with E-state index in [1.807, 2.05) is 6.92 Å². The number of rotatable bonds is 3. The lowest BCUT2D eigenvalue weighted by Crippen LogP contribution is -2.68. The van der Waals surface area contributed by atoms with Gasteiger partial charge in [-0.25, -0.2) is 4.39 Å². The highest BCUT2D eigenvalue weighted by atomic mass is 79.9. The van der Waals surface area contributed by atoms with Crippen molar-refractivity contribution in [2.45, 2.75) is 45.3 Å². The minimum Gasteiger partial charge on any atom is -0.340 e. The first-order valence-corrected chi connectivity index (χ1v) is 7.65. The Kier molecular flexibility index (Phi) is 4.37. The smallest absolute Gasteiger partial charge is 0.249 e. The fraction of sp³-hybridized carbons (Fsp3) is 0.467. The van der Waals surface area contributed by atoms with Gasteiger partial charge in [0.1, 0.15) is 17.4 Å². The molecule has 1 aliphatic heterocycles. The Balaban J connectivity index is 2.34. The SMILES string of the molecule is CCC1(C)NC(=O)C(C)N(Cc2cccc(F)c2Br)C1=O. The van der Waals surface area contributed by atoms with Crippen molar-refractivity contribution < 1.29 is 14.0 Å². The van der Waals surface area contributed by atoms with Crippen molar-refractivity contribution in [3.8, 4) is 0 Å². The molecule has 1 aromatic rings. The number of hydrogen-bond donors (Lipinski definition) is 1. The zero-order valence-electron chi connectivity index (χ0n) is 12.2. The molecule has 0 aliphatic carbocycles. The van der Waals surface area contributed by atoms with E-state index in [2.05, 4.69) is 21.2 Å². The average Bonchev–Trinajstić information content (AvgIpc) is 2.46. The molecule has 0 bridgehead atoms. The Morgan fingerprint density at radius 2 is 2.10 bits per heavy atom. The second-order valence-corrected chi connectivity index (χ2v) is 6.29. The van der Waals surface area contributed by atoms with Gasteiger partial charge in [-0.05, 0) is 47.8 Å². The van der Waals surface area contributed by atoms with E-state index >= 15 is 0 Å². The van der Waals surface area contributed by atoms with Crippen molar-refractivity contribution in [1.82, 2.24) is 10.2 Å². The molecule has 0 radical (unpaired) electrons. The molecule has 2 unspecified atom stereocenters. The van der Waals surface area contributed by atoms with Crippen LogP contribution in [0.4, 0.5) is 4.39 Å². The number of carbonyl (C=O) groups is 2. The van der Waals surface area contributed by atoms with E-state index in [0.717, 1.165) is 0 Å². The fourth-order valence-electron chi connectivity index (χ4n) is 2.37. The van der Waals surface area contributed by atoms with Crippen LogP contribution < -0.4 is 5.32 Å². The second kappa shape index (κ2) is 5.75. The Morgan fingerprint density at radius 1 is 1.43 bits per heavy atom. The number of piperazine rings is 1. The normalized spacial score (nSPS) is 26.0. The lowest BCUT2D eigenvalue weighted by atomic mass is 9.92. The van der Waals surface area contributed by atoms with Crippen LogP contribution in [0.3, 0.4) is 0 Å². The number of nitrogens with zero attached hydrogens (tertiary/aromatic N) is 1. The quantitative estimate of drug-likeness (QED) is 0.904. The molecule has 114 valence electrons. The number of hydrogen-bond acceptors (Lipinski definition) is 2. The second-order valence-electron chi connectivity index (χ2n) is 5.50. The zero-order chi connectivity index (χ0) is 15.8. The van der Waals surface area contributed by atoms with Crippen LogP contribution in [-0.4, -0.2) is 28.3 Å². The third-order valence-corrected chi connectivity index (χ3v) is 4.95. The molecule has 4 nitrogen and oxygen atoms in total. The highest BCUT2D eigenvalue weighted by molar-refractivity contribution is 9.10. The van der Waals surface area contributed by atoms with Crippen LogP contribution in [0.15, 0.2) is 22.7 Å². The highest BCUT2D eigenvalue weighted by Gasteiger charge is 2.45. The van der Waals surface area contributed by atoms with Gasteiger partial charge < -0.3 is 10.2 Å². The molecular weight excluding hydrogens is 339 g/mol. The molecular formula is C15H18BrFN2O2. The molecule has 0 saturated carbocycles. The lowest BCUT2D eigenvalue weighted by Gasteiger charge is -2.43. The summed E-state index contributed by atoms with van der Waals surface area (Å²) in [4.78, 5) is 26.2. The lowest BCUT2D eigenvalue weighted by molar-refractivity contribution is -0.154. The van der Waals surface area contributed by atoms with Crippen molar-refractivity contribution in [3.63, 3.8) is 0 Å². The highest BCUT2D eigenvalue weighted by Crippen LogP contribution is 2.27. The summed E-state index contributed by atoms with van der Waals surface area (Å²) in [7, 11) is 0. The molecule has 6 heteroatoms. The maximum absolute atomic E-state index is 13.6. The number of benzene rings is 1. The molecule has 1 N–H and O–H groups in total. The van der Waals surface area contributed by atoms with Crippen molar-refractivity contribution >= 4 is 27.7 Å². The van der Waals surface area contributed by atoms with E-state index in [0.29, 0.717) is 16.5 Å². The Bertz CT molecular complexity index is 593. The number of halogens is 2. The van der Waals surface area contributed by atoms with Crippen LogP contribution in [0.1, 0.15) is 32.8 Å². The first-order chi connectivity index (χ1) is 9.80. The van der Waals surface area contributed by atoms with E-state index in [4.69, 9.17) is 0 Å². The van der Waals surface area contributed by atoms with Crippen molar-refractivity contribution in [3.05, 3.63) is 34.1 Å². The van der Waals surface area contributed by atoms with Crippen molar-refractivity contribution in [1.29, 1.82) is 0 Å². The summed E-state index contributed by atoms with van der Waals surface area (Å²) in [5, 5.41) is 2.77. The summed E-state index contributed by atoms with van der Waals surface area (Å²) in [5.41, 5.74) is -0.257. The summed E-state index contributed by atoms with van der Waals surface area (Å²) >= 11 is 3.19. The number of nitrogens with one attached hydrogen (secondary N) is 1. The average molecular weight is 357 g/mol. The van der Waals surface area contributed by atoms with Gasteiger partial charge in [-0.1, -0.05) is 19.1 Å². The van der Waals surface area contributed by atoms with Gasteiger partial charge in [0, 0.05) is 6.54 Å². The molecule has 2 rings (SSSR count). The summed E-state index contributed by atoms with van der Waals surface area (Å²) in [5.74, 6) is -0.716. The van der Waals surface area contributed by atoms with Crippen LogP contribution >= 0.6 is 15.9 Å².